The summed E-state index contributed by atoms with van der Waals surface area (Å²) in [5.41, 5.74) is 3.10. The molecule has 2 rings (SSSR count). The highest BCUT2D eigenvalue weighted by molar-refractivity contribution is 6.32. The maximum atomic E-state index is 11.0. The Balaban J connectivity index is 2.64. The Morgan fingerprint density at radius 2 is 2.19 bits per heavy atom. The number of aromatic nitrogens is 2. The highest BCUT2D eigenvalue weighted by Gasteiger charge is 2.15. The molecule has 0 radical (unpaired) electrons. The Labute approximate surface area is 98.7 Å². The Bertz CT molecular complexity index is 546. The van der Waals surface area contributed by atoms with E-state index < -0.39 is 0 Å². The molecule has 1 aromatic heterocycles. The monoisotopic (exact) mass is 234 g/mol. The SMILES string of the molecule is Cc1cccc(-c2nn(C)c(Cl)c2C=O)c1. The Kier molecular flexibility index (Phi) is 2.79. The summed E-state index contributed by atoms with van der Waals surface area (Å²) >= 11 is 5.97. The summed E-state index contributed by atoms with van der Waals surface area (Å²) in [6.45, 7) is 1.99. The zero-order valence-corrected chi connectivity index (χ0v) is 9.82. The van der Waals surface area contributed by atoms with Gasteiger partial charge < -0.3 is 0 Å². The molecule has 1 heterocycles. The lowest BCUT2D eigenvalue weighted by atomic mass is 10.1. The van der Waals surface area contributed by atoms with Gasteiger partial charge in [-0.1, -0.05) is 35.4 Å². The molecule has 0 fully saturated rings. The Morgan fingerprint density at radius 1 is 1.44 bits per heavy atom. The van der Waals surface area contributed by atoms with E-state index in [0.29, 0.717) is 16.4 Å². The Morgan fingerprint density at radius 3 is 2.81 bits per heavy atom. The minimum Gasteiger partial charge on any atom is -0.298 e. The van der Waals surface area contributed by atoms with Crippen LogP contribution in [0.2, 0.25) is 5.15 Å². The molecule has 0 saturated carbocycles. The summed E-state index contributed by atoms with van der Waals surface area (Å²) in [6.07, 6.45) is 0.743. The largest absolute Gasteiger partial charge is 0.298 e. The lowest BCUT2D eigenvalue weighted by molar-refractivity contribution is 0.112. The van der Waals surface area contributed by atoms with Gasteiger partial charge in [0.05, 0.1) is 5.56 Å². The minimum absolute atomic E-state index is 0.367. The molecule has 1 aromatic carbocycles. The fraction of sp³-hybridized carbons (Fsp3) is 0.167. The molecule has 82 valence electrons. The number of rotatable bonds is 2. The lowest BCUT2D eigenvalue weighted by Gasteiger charge is -1.99. The number of aryl methyl sites for hydroxylation is 2. The topological polar surface area (TPSA) is 34.9 Å². The molecule has 0 N–H and O–H groups in total. The van der Waals surface area contributed by atoms with Gasteiger partial charge in [0.15, 0.2) is 6.29 Å². The van der Waals surface area contributed by atoms with Crippen LogP contribution in [0.25, 0.3) is 11.3 Å². The van der Waals surface area contributed by atoms with Crippen molar-refractivity contribution in [3.8, 4) is 11.3 Å². The van der Waals surface area contributed by atoms with E-state index in [1.807, 2.05) is 31.2 Å². The van der Waals surface area contributed by atoms with Crippen LogP contribution in [0.15, 0.2) is 24.3 Å². The predicted molar refractivity (Wildman–Crippen MR) is 63.8 cm³/mol. The van der Waals surface area contributed by atoms with E-state index in [4.69, 9.17) is 11.6 Å². The van der Waals surface area contributed by atoms with Gasteiger partial charge in [-0.2, -0.15) is 5.10 Å². The first-order chi connectivity index (χ1) is 7.63. The quantitative estimate of drug-likeness (QED) is 0.749. The van der Waals surface area contributed by atoms with Gasteiger partial charge in [-0.05, 0) is 13.0 Å². The first kappa shape index (κ1) is 10.9. The maximum absolute atomic E-state index is 11.0. The maximum Gasteiger partial charge on any atom is 0.155 e. The van der Waals surface area contributed by atoms with Crippen molar-refractivity contribution in [1.82, 2.24) is 9.78 Å². The zero-order chi connectivity index (χ0) is 11.7. The van der Waals surface area contributed by atoms with Crippen molar-refractivity contribution in [3.05, 3.63) is 40.5 Å². The van der Waals surface area contributed by atoms with Crippen molar-refractivity contribution in [2.75, 3.05) is 0 Å². The van der Waals surface area contributed by atoms with Gasteiger partial charge in [0, 0.05) is 12.6 Å². The molecule has 0 amide bonds. The summed E-state index contributed by atoms with van der Waals surface area (Å²) in [5, 5.41) is 4.61. The van der Waals surface area contributed by atoms with Gasteiger partial charge in [0.2, 0.25) is 0 Å². The van der Waals surface area contributed by atoms with Gasteiger partial charge in [-0.3, -0.25) is 9.48 Å². The molecule has 0 aliphatic rings. The van der Waals surface area contributed by atoms with E-state index in [9.17, 15) is 4.79 Å². The number of carbonyl (C=O) groups is 1. The third-order valence-corrected chi connectivity index (χ3v) is 2.87. The molecular weight excluding hydrogens is 224 g/mol. The number of aldehydes is 1. The van der Waals surface area contributed by atoms with E-state index in [1.165, 1.54) is 4.68 Å². The van der Waals surface area contributed by atoms with Crippen molar-refractivity contribution in [3.63, 3.8) is 0 Å². The average molecular weight is 235 g/mol. The van der Waals surface area contributed by atoms with Crippen molar-refractivity contribution in [2.24, 2.45) is 7.05 Å². The van der Waals surface area contributed by atoms with Crippen LogP contribution in [0.5, 0.6) is 0 Å². The molecule has 16 heavy (non-hydrogen) atoms. The number of halogens is 1. The van der Waals surface area contributed by atoms with E-state index in [2.05, 4.69) is 5.10 Å². The van der Waals surface area contributed by atoms with Crippen LogP contribution in [-0.2, 0) is 7.05 Å². The molecule has 3 nitrogen and oxygen atoms in total. The zero-order valence-electron chi connectivity index (χ0n) is 9.07. The van der Waals surface area contributed by atoms with Crippen LogP contribution in [0.4, 0.5) is 0 Å². The standard InChI is InChI=1S/C12H11ClN2O/c1-8-4-3-5-9(6-8)11-10(7-16)12(13)15(2)14-11/h3-7H,1-2H3. The van der Waals surface area contributed by atoms with Gasteiger partial charge in [-0.25, -0.2) is 0 Å². The van der Waals surface area contributed by atoms with Crippen molar-refractivity contribution in [1.29, 1.82) is 0 Å². The smallest absolute Gasteiger partial charge is 0.155 e. The molecular formula is C12H11ClN2O. The average Bonchev–Trinajstić information content (AvgIpc) is 2.55. The second-order valence-corrected chi connectivity index (χ2v) is 4.02. The number of hydrogen-bond acceptors (Lipinski definition) is 2. The minimum atomic E-state index is 0.367. The van der Waals surface area contributed by atoms with Gasteiger partial charge in [0.25, 0.3) is 0 Å². The van der Waals surface area contributed by atoms with Crippen LogP contribution < -0.4 is 0 Å². The van der Waals surface area contributed by atoms with Crippen molar-refractivity contribution < 1.29 is 4.79 Å². The van der Waals surface area contributed by atoms with E-state index in [-0.39, 0.29) is 0 Å². The van der Waals surface area contributed by atoms with Gasteiger partial charge in [0.1, 0.15) is 10.8 Å². The summed E-state index contributed by atoms with van der Waals surface area (Å²) in [7, 11) is 1.72. The second-order valence-electron chi connectivity index (χ2n) is 3.66. The van der Waals surface area contributed by atoms with E-state index in [0.717, 1.165) is 17.4 Å². The third-order valence-electron chi connectivity index (χ3n) is 2.42. The lowest BCUT2D eigenvalue weighted by Crippen LogP contribution is -1.89. The number of benzene rings is 1. The fourth-order valence-electron chi connectivity index (χ4n) is 1.63. The van der Waals surface area contributed by atoms with Crippen molar-refractivity contribution >= 4 is 17.9 Å². The van der Waals surface area contributed by atoms with E-state index in [1.54, 1.807) is 7.05 Å². The number of carbonyl (C=O) groups excluding carboxylic acids is 1. The predicted octanol–water partition coefficient (Wildman–Crippen LogP) is 2.86. The first-order valence-electron chi connectivity index (χ1n) is 4.88. The normalized spacial score (nSPS) is 10.4. The van der Waals surface area contributed by atoms with Gasteiger partial charge >= 0.3 is 0 Å². The summed E-state index contributed by atoms with van der Waals surface area (Å²) < 4.78 is 1.50. The number of hydrogen-bond donors (Lipinski definition) is 0. The van der Waals surface area contributed by atoms with Crippen LogP contribution in [0.3, 0.4) is 0 Å². The summed E-state index contributed by atoms with van der Waals surface area (Å²) in [6, 6.07) is 7.82. The van der Waals surface area contributed by atoms with Crippen LogP contribution in [-0.4, -0.2) is 16.1 Å². The summed E-state index contributed by atoms with van der Waals surface area (Å²) in [5.74, 6) is 0. The van der Waals surface area contributed by atoms with Crippen LogP contribution in [0.1, 0.15) is 15.9 Å². The molecule has 0 aliphatic carbocycles. The van der Waals surface area contributed by atoms with Gasteiger partial charge in [-0.15, -0.1) is 0 Å². The third kappa shape index (κ3) is 1.74. The first-order valence-corrected chi connectivity index (χ1v) is 5.26. The molecule has 0 unspecified atom stereocenters. The highest BCUT2D eigenvalue weighted by atomic mass is 35.5. The Hall–Kier alpha value is -1.61. The molecule has 0 aliphatic heterocycles. The second kappa shape index (κ2) is 4.10. The number of nitrogens with zero attached hydrogens (tertiary/aromatic N) is 2. The fourth-order valence-corrected chi connectivity index (χ4v) is 1.80. The summed E-state index contributed by atoms with van der Waals surface area (Å²) in [4.78, 5) is 11.0. The molecule has 0 atom stereocenters. The molecule has 4 heteroatoms. The molecule has 0 bridgehead atoms. The molecule has 0 saturated heterocycles. The van der Waals surface area contributed by atoms with E-state index >= 15 is 0 Å². The van der Waals surface area contributed by atoms with Crippen molar-refractivity contribution in [2.45, 2.75) is 6.92 Å². The molecule has 2 aromatic rings. The van der Waals surface area contributed by atoms with Crippen LogP contribution >= 0.6 is 11.6 Å². The van der Waals surface area contributed by atoms with Crippen LogP contribution in [0, 0.1) is 6.92 Å². The highest BCUT2D eigenvalue weighted by Crippen LogP contribution is 2.27. The molecule has 0 spiro atoms.